The number of nitrogens with one attached hydrogen (secondary N) is 6. The van der Waals surface area contributed by atoms with Gasteiger partial charge < -0.3 is 59.3 Å². The number of amides is 7. The Morgan fingerprint density at radius 2 is 1.23 bits per heavy atom. The molecule has 0 bridgehead atoms. The predicted octanol–water partition coefficient (Wildman–Crippen LogP) is -3.47. The molecule has 274 valence electrons. The molecule has 0 aromatic carbocycles. The molecule has 0 radical (unpaired) electrons. The third kappa shape index (κ3) is 17.4. The van der Waals surface area contributed by atoms with Gasteiger partial charge in [-0.05, 0) is 58.9 Å². The van der Waals surface area contributed by atoms with E-state index in [-0.39, 0.29) is 37.3 Å². The highest BCUT2D eigenvalue weighted by atomic mass is 32.1. The Bertz CT molecular complexity index is 1150. The summed E-state index contributed by atoms with van der Waals surface area (Å²) in [6, 6.07) is -7.15. The van der Waals surface area contributed by atoms with Crippen LogP contribution in [0.3, 0.4) is 0 Å². The highest BCUT2D eigenvalue weighted by molar-refractivity contribution is 7.80. The van der Waals surface area contributed by atoms with Gasteiger partial charge in [-0.2, -0.15) is 25.3 Å². The average molecular weight is 724 g/mol. The Balaban J connectivity index is 6.04. The lowest BCUT2D eigenvalue weighted by Gasteiger charge is -2.31. The molecule has 21 heteroatoms. The molecular formula is C27H49N9O10S2. The van der Waals surface area contributed by atoms with Gasteiger partial charge in [0.05, 0.1) is 6.04 Å². The van der Waals surface area contributed by atoms with E-state index in [2.05, 4.69) is 57.2 Å². The number of urea groups is 1. The van der Waals surface area contributed by atoms with E-state index in [0.29, 0.717) is 19.4 Å². The number of hydrogen-bond acceptors (Lipinski definition) is 12. The second kappa shape index (κ2) is 22.7. The number of unbranched alkanes of at least 4 members (excludes halogenated alkanes) is 1. The number of carboxylic acid groups (broad SMARTS) is 2. The highest BCUT2D eigenvalue weighted by Gasteiger charge is 2.36. The van der Waals surface area contributed by atoms with Crippen LogP contribution in [0.5, 0.6) is 0 Å². The number of carbonyl (C=O) groups excluding carboxylic acids is 6. The van der Waals surface area contributed by atoms with Gasteiger partial charge in [0, 0.05) is 24.5 Å². The van der Waals surface area contributed by atoms with Gasteiger partial charge >= 0.3 is 18.0 Å². The molecule has 0 aliphatic heterocycles. The van der Waals surface area contributed by atoms with Crippen LogP contribution in [0.25, 0.3) is 0 Å². The Hall–Kier alpha value is -3.82. The van der Waals surface area contributed by atoms with E-state index < -0.39 is 96.1 Å². The van der Waals surface area contributed by atoms with E-state index in [9.17, 15) is 43.5 Å². The quantitative estimate of drug-likeness (QED) is 0.0341. The van der Waals surface area contributed by atoms with Gasteiger partial charge in [-0.25, -0.2) is 9.59 Å². The smallest absolute Gasteiger partial charge is 0.327 e. The van der Waals surface area contributed by atoms with Gasteiger partial charge in [0.2, 0.25) is 29.5 Å². The van der Waals surface area contributed by atoms with Crippen LogP contribution in [0, 0.1) is 0 Å². The van der Waals surface area contributed by atoms with Crippen molar-refractivity contribution in [3.8, 4) is 0 Å². The van der Waals surface area contributed by atoms with E-state index in [1.165, 1.54) is 13.8 Å². The molecule has 0 aromatic heterocycles. The molecule has 0 unspecified atom stereocenters. The van der Waals surface area contributed by atoms with Crippen LogP contribution in [-0.2, 0) is 33.6 Å². The zero-order valence-corrected chi connectivity index (χ0v) is 28.7. The van der Waals surface area contributed by atoms with Crippen LogP contribution < -0.4 is 49.1 Å². The summed E-state index contributed by atoms with van der Waals surface area (Å²) < 4.78 is 0. The van der Waals surface area contributed by atoms with Crippen LogP contribution in [0.4, 0.5) is 4.79 Å². The summed E-state index contributed by atoms with van der Waals surface area (Å²) >= 11 is 7.86. The van der Waals surface area contributed by atoms with Crippen molar-refractivity contribution in [2.75, 3.05) is 24.6 Å². The first-order valence-corrected chi connectivity index (χ1v) is 16.4. The van der Waals surface area contributed by atoms with Crippen LogP contribution in [0.2, 0.25) is 0 Å². The molecule has 0 fully saturated rings. The van der Waals surface area contributed by atoms with E-state index in [1.807, 2.05) is 0 Å². The molecule has 7 amide bonds. The maximum atomic E-state index is 13.5. The zero-order valence-electron chi connectivity index (χ0n) is 27.0. The number of aliphatic carboxylic acids is 2. The first kappa shape index (κ1) is 44.2. The average Bonchev–Trinajstić information content (AvgIpc) is 3.01. The number of primary amides is 1. The Labute approximate surface area is 289 Å². The maximum absolute atomic E-state index is 13.5. The molecule has 0 saturated heterocycles. The molecule has 0 aromatic rings. The second-order valence-corrected chi connectivity index (χ2v) is 12.0. The van der Waals surface area contributed by atoms with Gasteiger partial charge in [0.1, 0.15) is 29.7 Å². The summed E-state index contributed by atoms with van der Waals surface area (Å²) in [6.07, 6.45) is 0.287. The minimum absolute atomic E-state index is 0.00612. The third-order valence-corrected chi connectivity index (χ3v) is 7.54. The molecule has 0 rings (SSSR count). The molecular weight excluding hydrogens is 674 g/mol. The fraction of sp³-hybridized carbons (Fsp3) is 0.704. The van der Waals surface area contributed by atoms with E-state index in [0.717, 1.165) is 0 Å². The molecule has 0 spiro atoms. The van der Waals surface area contributed by atoms with Crippen molar-refractivity contribution in [2.24, 2.45) is 17.2 Å². The summed E-state index contributed by atoms with van der Waals surface area (Å²) in [5.41, 5.74) is 14.6. The Morgan fingerprint density at radius 1 is 0.708 bits per heavy atom. The number of hydrogen-bond donors (Lipinski definition) is 13. The fourth-order valence-electron chi connectivity index (χ4n) is 3.97. The number of carbonyl (C=O) groups is 8. The summed E-state index contributed by atoms with van der Waals surface area (Å²) in [5, 5.41) is 32.8. The third-order valence-electron chi connectivity index (χ3n) is 6.78. The number of rotatable bonds is 24. The molecule has 48 heavy (non-hydrogen) atoms. The summed E-state index contributed by atoms with van der Waals surface area (Å²) in [4.78, 5) is 99.0. The van der Waals surface area contributed by atoms with Crippen molar-refractivity contribution < 1.29 is 48.6 Å². The number of nitrogens with two attached hydrogens (primary N) is 3. The fourth-order valence-corrected chi connectivity index (χ4v) is 4.38. The second-order valence-electron chi connectivity index (χ2n) is 11.3. The highest BCUT2D eigenvalue weighted by Crippen LogP contribution is 2.10. The SMILES string of the molecule is CC(C)(NC(=O)[C@H](CCCNC(N)=O)NC(=O)[C@H](CCCCN)NC(=O)[C@@H](N)CS)C(=O)N[C@@H](CCC(=O)O)C(=O)N[C@@H](CS)C(=O)O. The van der Waals surface area contributed by atoms with Gasteiger partial charge in [0.25, 0.3) is 0 Å². The largest absolute Gasteiger partial charge is 0.481 e. The molecule has 14 N–H and O–H groups in total. The van der Waals surface area contributed by atoms with Crippen molar-refractivity contribution in [2.45, 2.75) is 94.5 Å². The molecule has 5 atom stereocenters. The van der Waals surface area contributed by atoms with E-state index in [1.54, 1.807) is 0 Å². The normalized spacial score (nSPS) is 14.2. The van der Waals surface area contributed by atoms with Crippen molar-refractivity contribution in [1.82, 2.24) is 31.9 Å². The van der Waals surface area contributed by atoms with Crippen LogP contribution >= 0.6 is 25.3 Å². The van der Waals surface area contributed by atoms with Gasteiger partial charge in [-0.15, -0.1) is 0 Å². The molecule has 19 nitrogen and oxygen atoms in total. The number of carboxylic acids is 2. The van der Waals surface area contributed by atoms with Crippen molar-refractivity contribution in [3.05, 3.63) is 0 Å². The summed E-state index contributed by atoms with van der Waals surface area (Å²) in [7, 11) is 0. The minimum atomic E-state index is -1.77. The first-order valence-electron chi connectivity index (χ1n) is 15.1. The lowest BCUT2D eigenvalue weighted by Crippen LogP contribution is -2.63. The standard InChI is InChI=1S/C27H49N9O10S2/c1-27(2,25(45)35-17(8-9-19(37)38)22(41)34-18(13-48)24(43)44)36-23(42)16(7-5-11-31-26(30)46)33-21(40)15(6-3-4-10-28)32-20(39)14(29)12-47/h14-18,47-48H,3-13,28-29H2,1-2H3,(H,32,39)(H,33,40)(H,34,41)(H,35,45)(H,36,42)(H,37,38)(H,43,44)(H3,30,31,46)/t14-,15-,16-,17-,18-/m0/s1. The maximum Gasteiger partial charge on any atom is 0.327 e. The van der Waals surface area contributed by atoms with Gasteiger partial charge in [-0.1, -0.05) is 0 Å². The van der Waals surface area contributed by atoms with Crippen LogP contribution in [0.15, 0.2) is 0 Å². The van der Waals surface area contributed by atoms with E-state index in [4.69, 9.17) is 22.3 Å². The van der Waals surface area contributed by atoms with E-state index >= 15 is 0 Å². The number of thiol groups is 2. The summed E-state index contributed by atoms with van der Waals surface area (Å²) in [6.45, 7) is 2.93. The van der Waals surface area contributed by atoms with Crippen molar-refractivity contribution in [3.63, 3.8) is 0 Å². The van der Waals surface area contributed by atoms with Crippen molar-refractivity contribution in [1.29, 1.82) is 0 Å². The molecule has 0 heterocycles. The van der Waals surface area contributed by atoms with Crippen LogP contribution in [0.1, 0.15) is 58.8 Å². The predicted molar refractivity (Wildman–Crippen MR) is 180 cm³/mol. The topological polar surface area (TPSA) is 327 Å². The zero-order chi connectivity index (χ0) is 37.0. The Kier molecular flexibility index (Phi) is 20.9. The monoisotopic (exact) mass is 723 g/mol. The molecule has 0 saturated carbocycles. The molecule has 0 aliphatic rings. The first-order chi connectivity index (χ1) is 22.4. The van der Waals surface area contributed by atoms with Gasteiger partial charge in [-0.3, -0.25) is 28.8 Å². The van der Waals surface area contributed by atoms with Gasteiger partial charge in [0.15, 0.2) is 0 Å². The molecule has 0 aliphatic carbocycles. The minimum Gasteiger partial charge on any atom is -0.481 e. The summed E-state index contributed by atoms with van der Waals surface area (Å²) in [5.74, 6) is -7.13. The lowest BCUT2D eigenvalue weighted by molar-refractivity contribution is -0.142. The Morgan fingerprint density at radius 3 is 1.73 bits per heavy atom. The van der Waals surface area contributed by atoms with Crippen molar-refractivity contribution >= 4 is 72.8 Å². The van der Waals surface area contributed by atoms with Crippen LogP contribution in [-0.4, -0.2) is 118 Å². The lowest BCUT2D eigenvalue weighted by atomic mass is 10.00.